The molecular formula is C16H19NO2. The molecule has 2 rings (SSSR count). The molecule has 0 aliphatic rings. The number of ketones is 2. The van der Waals surface area contributed by atoms with E-state index >= 15 is 0 Å². The number of hydrogen-bond acceptors (Lipinski definition) is 3. The van der Waals surface area contributed by atoms with Crippen LogP contribution in [-0.4, -0.2) is 11.6 Å². The van der Waals surface area contributed by atoms with Crippen LogP contribution in [0.4, 0.5) is 5.69 Å². The van der Waals surface area contributed by atoms with E-state index in [0.717, 1.165) is 5.39 Å². The van der Waals surface area contributed by atoms with Gasteiger partial charge in [-0.2, -0.15) is 0 Å². The van der Waals surface area contributed by atoms with Crippen LogP contribution in [0.5, 0.6) is 0 Å². The summed E-state index contributed by atoms with van der Waals surface area (Å²) in [5.41, 5.74) is 7.35. The molecule has 0 amide bonds. The van der Waals surface area contributed by atoms with Crippen LogP contribution >= 0.6 is 0 Å². The van der Waals surface area contributed by atoms with Gasteiger partial charge in [-0.15, -0.1) is 0 Å². The monoisotopic (exact) mass is 257 g/mol. The Morgan fingerprint density at radius 3 is 2.05 bits per heavy atom. The number of carbonyl (C=O) groups excluding carboxylic acids is 2. The first-order valence-electron chi connectivity index (χ1n) is 6.35. The third-order valence-electron chi connectivity index (χ3n) is 2.76. The molecule has 2 N–H and O–H groups in total. The number of nitrogens with two attached hydrogens (primary N) is 1. The number of carbonyl (C=O) groups is 2. The number of nitrogen functional groups attached to an aromatic ring is 1. The standard InChI is InChI=1S/C14H13NO2.C2H6/c1-8(16)12-5-3-4-10-6-11(15)7-13(9(2)17)14(10)12;1-2/h3-7H,15H2,1-2H3;1-2H3. The SMILES string of the molecule is CC.CC(=O)c1cccc2cc(N)cc(C(C)=O)c12. The quantitative estimate of drug-likeness (QED) is 0.656. The van der Waals surface area contributed by atoms with Crippen LogP contribution in [0.2, 0.25) is 0 Å². The van der Waals surface area contributed by atoms with Crippen molar-refractivity contribution in [1.29, 1.82) is 0 Å². The second-order valence-corrected chi connectivity index (χ2v) is 4.08. The van der Waals surface area contributed by atoms with Crippen molar-refractivity contribution in [2.45, 2.75) is 27.7 Å². The molecule has 0 radical (unpaired) electrons. The van der Waals surface area contributed by atoms with Crippen LogP contribution < -0.4 is 5.73 Å². The highest BCUT2D eigenvalue weighted by atomic mass is 16.1. The van der Waals surface area contributed by atoms with Crippen LogP contribution in [0, 0.1) is 0 Å². The largest absolute Gasteiger partial charge is 0.399 e. The highest BCUT2D eigenvalue weighted by Crippen LogP contribution is 2.26. The van der Waals surface area contributed by atoms with Crippen LogP contribution in [0.1, 0.15) is 48.4 Å². The van der Waals surface area contributed by atoms with Crippen molar-refractivity contribution in [2.75, 3.05) is 5.73 Å². The van der Waals surface area contributed by atoms with Crippen LogP contribution in [-0.2, 0) is 0 Å². The summed E-state index contributed by atoms with van der Waals surface area (Å²) in [4.78, 5) is 23.2. The molecule has 2 aromatic carbocycles. The van der Waals surface area contributed by atoms with Crippen molar-refractivity contribution in [3.05, 3.63) is 41.5 Å². The molecule has 0 atom stereocenters. The molecule has 0 saturated heterocycles. The van der Waals surface area contributed by atoms with Gasteiger partial charge in [-0.25, -0.2) is 0 Å². The first-order chi connectivity index (χ1) is 9.00. The van der Waals surface area contributed by atoms with Crippen molar-refractivity contribution in [3.63, 3.8) is 0 Å². The summed E-state index contributed by atoms with van der Waals surface area (Å²) in [6.45, 7) is 6.97. The molecule has 0 saturated carbocycles. The Hall–Kier alpha value is -2.16. The van der Waals surface area contributed by atoms with E-state index in [2.05, 4.69) is 0 Å². The maximum Gasteiger partial charge on any atom is 0.160 e. The summed E-state index contributed by atoms with van der Waals surface area (Å²) < 4.78 is 0. The molecule has 0 spiro atoms. The van der Waals surface area contributed by atoms with Crippen molar-refractivity contribution < 1.29 is 9.59 Å². The molecule has 0 aliphatic heterocycles. The van der Waals surface area contributed by atoms with Crippen molar-refractivity contribution in [1.82, 2.24) is 0 Å². The maximum atomic E-state index is 11.6. The third-order valence-corrected chi connectivity index (χ3v) is 2.76. The van der Waals surface area contributed by atoms with Crippen LogP contribution in [0.3, 0.4) is 0 Å². The Labute approximate surface area is 113 Å². The number of Topliss-reactive ketones (excluding diaryl/α,β-unsaturated/α-hetero) is 2. The van der Waals surface area contributed by atoms with E-state index in [9.17, 15) is 9.59 Å². The van der Waals surface area contributed by atoms with Crippen molar-refractivity contribution in [3.8, 4) is 0 Å². The third kappa shape index (κ3) is 2.99. The Morgan fingerprint density at radius 1 is 0.947 bits per heavy atom. The Balaban J connectivity index is 0.000000861. The minimum absolute atomic E-state index is 0.0529. The lowest BCUT2D eigenvalue weighted by Gasteiger charge is -2.09. The molecule has 19 heavy (non-hydrogen) atoms. The molecular weight excluding hydrogens is 238 g/mol. The fourth-order valence-corrected chi connectivity index (χ4v) is 2.02. The highest BCUT2D eigenvalue weighted by molar-refractivity contribution is 6.16. The van der Waals surface area contributed by atoms with Crippen molar-refractivity contribution >= 4 is 28.0 Å². The fourth-order valence-electron chi connectivity index (χ4n) is 2.02. The molecule has 0 bridgehead atoms. The van der Waals surface area contributed by atoms with Gasteiger partial charge in [-0.05, 0) is 31.4 Å². The molecule has 0 heterocycles. The van der Waals surface area contributed by atoms with E-state index in [1.54, 1.807) is 24.3 Å². The van der Waals surface area contributed by atoms with Gasteiger partial charge in [0.1, 0.15) is 0 Å². The van der Waals surface area contributed by atoms with Gasteiger partial charge >= 0.3 is 0 Å². The Morgan fingerprint density at radius 2 is 1.53 bits per heavy atom. The van der Waals surface area contributed by atoms with E-state index < -0.39 is 0 Å². The number of fused-ring (bicyclic) bond motifs is 1. The molecule has 0 aliphatic carbocycles. The first kappa shape index (κ1) is 14.9. The lowest BCUT2D eigenvalue weighted by atomic mass is 9.95. The van der Waals surface area contributed by atoms with Crippen molar-refractivity contribution in [2.24, 2.45) is 0 Å². The summed E-state index contributed by atoms with van der Waals surface area (Å²) >= 11 is 0. The van der Waals surface area contributed by atoms with Gasteiger partial charge in [0.15, 0.2) is 11.6 Å². The lowest BCUT2D eigenvalue weighted by molar-refractivity contribution is 0.101. The second-order valence-electron chi connectivity index (χ2n) is 4.08. The van der Waals surface area contributed by atoms with Crippen LogP contribution in [0.15, 0.2) is 30.3 Å². The lowest BCUT2D eigenvalue weighted by Crippen LogP contribution is -2.02. The predicted octanol–water partition coefficient (Wildman–Crippen LogP) is 3.85. The van der Waals surface area contributed by atoms with Gasteiger partial charge in [0.25, 0.3) is 0 Å². The molecule has 3 heteroatoms. The minimum atomic E-state index is -0.0870. The number of hydrogen-bond donors (Lipinski definition) is 1. The fraction of sp³-hybridized carbons (Fsp3) is 0.250. The Kier molecular flexibility index (Phi) is 4.81. The normalized spacial score (nSPS) is 9.68. The van der Waals surface area contributed by atoms with Gasteiger partial charge in [-0.3, -0.25) is 9.59 Å². The smallest absolute Gasteiger partial charge is 0.160 e. The average Bonchev–Trinajstić information content (AvgIpc) is 2.38. The second kappa shape index (κ2) is 6.14. The summed E-state index contributed by atoms with van der Waals surface area (Å²) in [5.74, 6) is -0.140. The van der Waals surface area contributed by atoms with Gasteiger partial charge in [-0.1, -0.05) is 32.0 Å². The van der Waals surface area contributed by atoms with E-state index in [1.165, 1.54) is 13.8 Å². The average molecular weight is 257 g/mol. The zero-order chi connectivity index (χ0) is 14.6. The van der Waals surface area contributed by atoms with E-state index in [-0.39, 0.29) is 11.6 Å². The topological polar surface area (TPSA) is 60.2 Å². The molecule has 2 aromatic rings. The van der Waals surface area contributed by atoms with E-state index in [1.807, 2.05) is 19.9 Å². The molecule has 0 fully saturated rings. The predicted molar refractivity (Wildman–Crippen MR) is 79.7 cm³/mol. The van der Waals surface area contributed by atoms with Gasteiger partial charge in [0.05, 0.1) is 0 Å². The van der Waals surface area contributed by atoms with E-state index in [4.69, 9.17) is 5.73 Å². The van der Waals surface area contributed by atoms with E-state index in [0.29, 0.717) is 22.2 Å². The minimum Gasteiger partial charge on any atom is -0.399 e. The maximum absolute atomic E-state index is 11.6. The number of benzene rings is 2. The summed E-state index contributed by atoms with van der Waals surface area (Å²) in [5, 5.41) is 1.52. The van der Waals surface area contributed by atoms with Gasteiger partial charge < -0.3 is 5.73 Å². The summed E-state index contributed by atoms with van der Waals surface area (Å²) in [7, 11) is 0. The molecule has 3 nitrogen and oxygen atoms in total. The summed E-state index contributed by atoms with van der Waals surface area (Å²) in [6.07, 6.45) is 0. The number of rotatable bonds is 2. The highest BCUT2D eigenvalue weighted by Gasteiger charge is 2.13. The van der Waals surface area contributed by atoms with Gasteiger partial charge in [0, 0.05) is 22.2 Å². The molecule has 0 aromatic heterocycles. The number of anilines is 1. The molecule has 100 valence electrons. The van der Waals surface area contributed by atoms with Crippen LogP contribution in [0.25, 0.3) is 10.8 Å². The zero-order valence-corrected chi connectivity index (χ0v) is 11.8. The zero-order valence-electron chi connectivity index (χ0n) is 11.8. The molecule has 0 unspecified atom stereocenters. The first-order valence-corrected chi connectivity index (χ1v) is 6.35. The Bertz CT molecular complexity index is 630. The summed E-state index contributed by atoms with van der Waals surface area (Å²) in [6, 6.07) is 8.77. The van der Waals surface area contributed by atoms with Gasteiger partial charge in [0.2, 0.25) is 0 Å².